The minimum atomic E-state index is -1.16. The first-order valence-electron chi connectivity index (χ1n) is 11.9. The molecule has 164 valence electrons. The van der Waals surface area contributed by atoms with E-state index in [1.807, 2.05) is 0 Å². The van der Waals surface area contributed by atoms with Gasteiger partial charge in [0.1, 0.15) is 0 Å². The maximum absolute atomic E-state index is 2.52. The molecule has 0 aromatic heterocycles. The van der Waals surface area contributed by atoms with Crippen molar-refractivity contribution in [3.8, 4) is 11.1 Å². The molecular weight excluding hydrogens is 594 g/mol. The molecule has 0 N–H and O–H groups in total. The van der Waals surface area contributed by atoms with Crippen molar-refractivity contribution in [3.05, 3.63) is 136 Å². The average molecular weight is 621 g/mol. The van der Waals surface area contributed by atoms with Crippen LogP contribution in [0, 0.1) is 6.92 Å². The first kappa shape index (κ1) is 22.1. The summed E-state index contributed by atoms with van der Waals surface area (Å²) in [5.41, 5.74) is 11.8. The van der Waals surface area contributed by atoms with Crippen LogP contribution in [-0.4, -0.2) is 0 Å². The van der Waals surface area contributed by atoms with Crippen LogP contribution in [0.25, 0.3) is 23.3 Å². The molecule has 2 aliphatic carbocycles. The number of fused-ring (bicyclic) bond motifs is 2. The van der Waals surface area contributed by atoms with Gasteiger partial charge in [0.25, 0.3) is 0 Å². The fourth-order valence-corrected chi connectivity index (χ4v) is 14.6. The monoisotopic (exact) mass is 622 g/mol. The topological polar surface area (TPSA) is 0 Å². The zero-order valence-electron chi connectivity index (χ0n) is 19.5. The second kappa shape index (κ2) is 9.37. The Bertz CT molecular complexity index is 1430. The summed E-state index contributed by atoms with van der Waals surface area (Å²) in [6.07, 6.45) is 5.01. The maximum atomic E-state index is 2.52. The third-order valence-corrected chi connectivity index (χ3v) is 17.0. The first-order valence-corrected chi connectivity index (χ1v) is 17.1. The Labute approximate surface area is 216 Å². The molecule has 4 aromatic rings. The Morgan fingerprint density at radius 3 is 2.24 bits per heavy atom. The van der Waals surface area contributed by atoms with Crippen LogP contribution in [-0.2, 0) is 22.9 Å². The van der Waals surface area contributed by atoms with Crippen LogP contribution in [0.3, 0.4) is 0 Å². The van der Waals surface area contributed by atoms with E-state index in [1.54, 1.807) is 22.0 Å². The third-order valence-electron chi connectivity index (χ3n) is 7.05. The predicted octanol–water partition coefficient (Wildman–Crippen LogP) is 8.30. The van der Waals surface area contributed by atoms with Gasteiger partial charge >= 0.3 is 217 Å². The molecule has 0 nitrogen and oxygen atoms in total. The number of hydrogen-bond acceptors (Lipinski definition) is 0. The van der Waals surface area contributed by atoms with E-state index < -0.39 is 22.9 Å². The van der Waals surface area contributed by atoms with E-state index >= 15 is 0 Å². The number of benzene rings is 4. The van der Waals surface area contributed by atoms with Gasteiger partial charge in [0.05, 0.1) is 0 Å². The predicted molar refractivity (Wildman–Crippen MR) is 145 cm³/mol. The zero-order valence-corrected chi connectivity index (χ0v) is 24.1. The summed E-state index contributed by atoms with van der Waals surface area (Å²) in [7, 11) is 0.767. The fourth-order valence-electron chi connectivity index (χ4n) is 5.29. The third kappa shape index (κ3) is 4.04. The molecule has 0 amide bonds. The van der Waals surface area contributed by atoms with E-state index in [0.717, 1.165) is 8.58 Å². The second-order valence-electron chi connectivity index (χ2n) is 9.26. The van der Waals surface area contributed by atoms with Gasteiger partial charge in [0.2, 0.25) is 0 Å². The molecule has 0 aliphatic heterocycles. The van der Waals surface area contributed by atoms with Crippen molar-refractivity contribution in [2.24, 2.45) is 0 Å². The van der Waals surface area contributed by atoms with Crippen molar-refractivity contribution in [2.75, 3.05) is 0 Å². The quantitative estimate of drug-likeness (QED) is 0.156. The van der Waals surface area contributed by atoms with Gasteiger partial charge in [-0.1, -0.05) is 0 Å². The Balaban J connectivity index is 1.37. The molecule has 2 aliphatic rings. The van der Waals surface area contributed by atoms with Gasteiger partial charge < -0.3 is 0 Å². The van der Waals surface area contributed by atoms with Crippen molar-refractivity contribution in [1.29, 1.82) is 0 Å². The molecule has 0 spiro atoms. The first-order chi connectivity index (χ1) is 16.7. The van der Waals surface area contributed by atoms with Gasteiger partial charge in [-0.2, -0.15) is 0 Å². The van der Waals surface area contributed by atoms with E-state index in [2.05, 4.69) is 123 Å². The molecule has 3 unspecified atom stereocenters. The van der Waals surface area contributed by atoms with Crippen molar-refractivity contribution in [1.82, 2.24) is 0 Å². The SMILES string of the molecule is CC1=Cc2c(-c3ccccc3)cccc2[CH]1[Hf][CH]1C(Pc2ccccc2C)=Cc2ccccc21. The van der Waals surface area contributed by atoms with Crippen LogP contribution < -0.4 is 5.30 Å². The normalized spacial score (nSPS) is 18.5. The molecule has 0 saturated heterocycles. The molecule has 4 aromatic carbocycles. The number of hydrogen-bond donors (Lipinski definition) is 0. The van der Waals surface area contributed by atoms with Gasteiger partial charge in [0.15, 0.2) is 0 Å². The van der Waals surface area contributed by atoms with Crippen molar-refractivity contribution in [3.63, 3.8) is 0 Å². The van der Waals surface area contributed by atoms with E-state index in [1.165, 1.54) is 33.1 Å². The van der Waals surface area contributed by atoms with E-state index in [0.29, 0.717) is 7.35 Å². The number of aryl methyl sites for hydroxylation is 1. The van der Waals surface area contributed by atoms with Crippen molar-refractivity contribution in [2.45, 2.75) is 21.2 Å². The molecular formula is C32H27HfP. The molecule has 0 heterocycles. The average Bonchev–Trinajstić information content (AvgIpc) is 3.38. The van der Waals surface area contributed by atoms with Crippen LogP contribution >= 0.6 is 8.58 Å². The van der Waals surface area contributed by atoms with Gasteiger partial charge in [0, 0.05) is 0 Å². The van der Waals surface area contributed by atoms with Gasteiger partial charge in [-0.3, -0.25) is 0 Å². The number of allylic oxidation sites excluding steroid dienone is 2. The van der Waals surface area contributed by atoms with Crippen LogP contribution in [0.4, 0.5) is 0 Å². The van der Waals surface area contributed by atoms with Crippen molar-refractivity contribution < 1.29 is 22.9 Å². The summed E-state index contributed by atoms with van der Waals surface area (Å²) in [6, 6.07) is 35.9. The summed E-state index contributed by atoms with van der Waals surface area (Å²) in [5.74, 6) is 0. The van der Waals surface area contributed by atoms with Crippen LogP contribution in [0.15, 0.2) is 108 Å². The molecule has 34 heavy (non-hydrogen) atoms. The summed E-state index contributed by atoms with van der Waals surface area (Å²) < 4.78 is 1.31. The Kier molecular flexibility index (Phi) is 6.10. The van der Waals surface area contributed by atoms with Gasteiger partial charge in [-0.05, 0) is 0 Å². The molecule has 0 fully saturated rings. The molecule has 0 bridgehead atoms. The minimum absolute atomic E-state index is 0.653. The number of rotatable bonds is 5. The summed E-state index contributed by atoms with van der Waals surface area (Å²) in [5, 5.41) is 3.17. The molecule has 0 radical (unpaired) electrons. The second-order valence-corrected chi connectivity index (χ2v) is 16.0. The van der Waals surface area contributed by atoms with E-state index in [9.17, 15) is 0 Å². The molecule has 2 heteroatoms. The Morgan fingerprint density at radius 2 is 1.38 bits per heavy atom. The van der Waals surface area contributed by atoms with Crippen LogP contribution in [0.2, 0.25) is 0 Å². The fraction of sp³-hybridized carbons (Fsp3) is 0.125. The van der Waals surface area contributed by atoms with Gasteiger partial charge in [-0.15, -0.1) is 0 Å². The van der Waals surface area contributed by atoms with E-state index in [4.69, 9.17) is 0 Å². The molecule has 6 rings (SSSR count). The van der Waals surface area contributed by atoms with Crippen LogP contribution in [0.5, 0.6) is 0 Å². The molecule has 3 atom stereocenters. The van der Waals surface area contributed by atoms with Gasteiger partial charge in [-0.25, -0.2) is 0 Å². The summed E-state index contributed by atoms with van der Waals surface area (Å²) in [6.45, 7) is 4.63. The summed E-state index contributed by atoms with van der Waals surface area (Å²) >= 11 is -1.16. The van der Waals surface area contributed by atoms with Crippen molar-refractivity contribution >= 4 is 26.0 Å². The van der Waals surface area contributed by atoms with E-state index in [-0.39, 0.29) is 0 Å². The standard InChI is InChI=1S/C16H14P.C16H13.Hf/c1-12-6-2-5-9-16(12)17-15-10-13-7-3-4-8-14(13)11-15;1-12-10-14-8-5-9-15(16(14)11-12)13-6-3-2-4-7-13;/h2-11,17H,1H3;2-11H,1H3;. The molecule has 0 saturated carbocycles. The Hall–Kier alpha value is -2.34. The van der Waals surface area contributed by atoms with Crippen LogP contribution in [0.1, 0.15) is 42.1 Å². The zero-order chi connectivity index (χ0) is 23.1. The Morgan fingerprint density at radius 1 is 0.647 bits per heavy atom. The summed E-state index contributed by atoms with van der Waals surface area (Å²) in [4.78, 5) is 0.